The number of rotatable bonds is 4. The molecule has 0 bridgehead atoms. The molecule has 2 rings (SSSR count). The fourth-order valence-corrected chi connectivity index (χ4v) is 3.26. The molecule has 1 aromatic carbocycles. The average molecular weight is 332 g/mol. The van der Waals surface area contributed by atoms with E-state index in [4.69, 9.17) is 5.73 Å². The van der Waals surface area contributed by atoms with Crippen molar-refractivity contribution in [3.05, 3.63) is 35.3 Å². The Hall–Kier alpha value is -1.05. The van der Waals surface area contributed by atoms with Gasteiger partial charge in [-0.3, -0.25) is 0 Å². The SMILES string of the molecule is CCSc1ccc(-c2nc(C(C)(N)C(F)(F)F)cs2)cc1. The normalized spacial score (nSPS) is 15.0. The molecule has 0 saturated carbocycles. The predicted molar refractivity (Wildman–Crippen MR) is 81.5 cm³/mol. The fraction of sp³-hybridized carbons (Fsp3) is 0.357. The molecule has 2 nitrogen and oxygen atoms in total. The minimum Gasteiger partial charge on any atom is -0.313 e. The summed E-state index contributed by atoms with van der Waals surface area (Å²) in [5.74, 6) is 0.970. The largest absolute Gasteiger partial charge is 0.411 e. The van der Waals surface area contributed by atoms with E-state index in [2.05, 4.69) is 11.9 Å². The van der Waals surface area contributed by atoms with Crippen molar-refractivity contribution < 1.29 is 13.2 Å². The predicted octanol–water partition coefficient (Wildman–Crippen LogP) is 4.66. The second kappa shape index (κ2) is 5.98. The Labute approximate surface area is 129 Å². The lowest BCUT2D eigenvalue weighted by molar-refractivity contribution is -0.185. The van der Waals surface area contributed by atoms with Crippen molar-refractivity contribution in [2.45, 2.75) is 30.5 Å². The summed E-state index contributed by atoms with van der Waals surface area (Å²) in [6.45, 7) is 3.00. The number of nitrogens with zero attached hydrogens (tertiary/aromatic N) is 1. The van der Waals surface area contributed by atoms with E-state index in [1.54, 1.807) is 11.8 Å². The summed E-state index contributed by atoms with van der Waals surface area (Å²) < 4.78 is 38.7. The molecule has 0 radical (unpaired) electrons. The number of nitrogens with two attached hydrogens (primary N) is 1. The first-order chi connectivity index (χ1) is 9.75. The molecule has 0 aliphatic carbocycles. The molecule has 21 heavy (non-hydrogen) atoms. The minimum atomic E-state index is -4.53. The van der Waals surface area contributed by atoms with Gasteiger partial charge in [-0.1, -0.05) is 19.1 Å². The maximum absolute atomic E-state index is 12.9. The number of benzene rings is 1. The Bertz CT molecular complexity index is 603. The van der Waals surface area contributed by atoms with Crippen LogP contribution in [0.3, 0.4) is 0 Å². The van der Waals surface area contributed by atoms with E-state index in [1.165, 1.54) is 16.7 Å². The summed E-state index contributed by atoms with van der Waals surface area (Å²) in [6.07, 6.45) is -4.53. The van der Waals surface area contributed by atoms with E-state index in [0.717, 1.165) is 23.1 Å². The molecule has 114 valence electrons. The highest BCUT2D eigenvalue weighted by atomic mass is 32.2. The van der Waals surface area contributed by atoms with Gasteiger partial charge in [0.2, 0.25) is 0 Å². The second-order valence-corrected chi connectivity index (χ2v) is 6.89. The average Bonchev–Trinajstić information content (AvgIpc) is 2.89. The van der Waals surface area contributed by atoms with Crippen LogP contribution in [0.25, 0.3) is 10.6 Å². The topological polar surface area (TPSA) is 38.9 Å². The molecule has 2 N–H and O–H groups in total. The Morgan fingerprint density at radius 2 is 1.86 bits per heavy atom. The number of thiazole rings is 1. The fourth-order valence-electron chi connectivity index (χ4n) is 1.65. The molecule has 1 heterocycles. The molecular formula is C14H15F3N2S2. The lowest BCUT2D eigenvalue weighted by Crippen LogP contribution is -2.47. The van der Waals surface area contributed by atoms with E-state index in [9.17, 15) is 13.2 Å². The Balaban J connectivity index is 2.28. The monoisotopic (exact) mass is 332 g/mol. The van der Waals surface area contributed by atoms with Crippen LogP contribution in [0.4, 0.5) is 13.2 Å². The van der Waals surface area contributed by atoms with Crippen LogP contribution in [0.2, 0.25) is 0 Å². The van der Waals surface area contributed by atoms with Gasteiger partial charge in [-0.2, -0.15) is 13.2 Å². The van der Waals surface area contributed by atoms with Gasteiger partial charge in [0.1, 0.15) is 5.01 Å². The summed E-state index contributed by atoms with van der Waals surface area (Å²) >= 11 is 2.87. The maximum Gasteiger partial charge on any atom is 0.411 e. The molecule has 0 amide bonds. The van der Waals surface area contributed by atoms with E-state index in [-0.39, 0.29) is 5.69 Å². The molecule has 0 spiro atoms. The Morgan fingerprint density at radius 3 is 2.38 bits per heavy atom. The quantitative estimate of drug-likeness (QED) is 0.828. The van der Waals surface area contributed by atoms with Crippen LogP contribution in [0.15, 0.2) is 34.5 Å². The highest BCUT2D eigenvalue weighted by Gasteiger charge is 2.51. The van der Waals surface area contributed by atoms with E-state index < -0.39 is 11.7 Å². The van der Waals surface area contributed by atoms with Crippen molar-refractivity contribution in [1.82, 2.24) is 4.98 Å². The second-order valence-electron chi connectivity index (χ2n) is 4.70. The number of hydrogen-bond donors (Lipinski definition) is 1. The zero-order valence-corrected chi connectivity index (χ0v) is 13.2. The van der Waals surface area contributed by atoms with Crippen LogP contribution in [0, 0.1) is 0 Å². The zero-order valence-electron chi connectivity index (χ0n) is 11.6. The van der Waals surface area contributed by atoms with Crippen LogP contribution in [-0.2, 0) is 5.54 Å². The number of alkyl halides is 3. The van der Waals surface area contributed by atoms with Crippen molar-refractivity contribution in [1.29, 1.82) is 0 Å². The van der Waals surface area contributed by atoms with Crippen molar-refractivity contribution in [3.8, 4) is 10.6 Å². The van der Waals surface area contributed by atoms with Crippen LogP contribution in [0.1, 0.15) is 19.5 Å². The Kier molecular flexibility index (Phi) is 4.65. The summed E-state index contributed by atoms with van der Waals surface area (Å²) in [5.41, 5.74) is 3.60. The highest BCUT2D eigenvalue weighted by Crippen LogP contribution is 2.38. The molecule has 7 heteroatoms. The zero-order chi connectivity index (χ0) is 15.7. The van der Waals surface area contributed by atoms with Gasteiger partial charge in [0, 0.05) is 15.8 Å². The first-order valence-corrected chi connectivity index (χ1v) is 8.17. The van der Waals surface area contributed by atoms with Crippen molar-refractivity contribution in [2.24, 2.45) is 5.73 Å². The van der Waals surface area contributed by atoms with Gasteiger partial charge in [-0.15, -0.1) is 23.1 Å². The van der Waals surface area contributed by atoms with Crippen LogP contribution < -0.4 is 5.73 Å². The molecule has 2 aromatic rings. The summed E-state index contributed by atoms with van der Waals surface area (Å²) in [6, 6.07) is 7.61. The highest BCUT2D eigenvalue weighted by molar-refractivity contribution is 7.99. The molecule has 0 aliphatic heterocycles. The smallest absolute Gasteiger partial charge is 0.313 e. The minimum absolute atomic E-state index is 0.151. The summed E-state index contributed by atoms with van der Waals surface area (Å²) in [4.78, 5) is 5.18. The first-order valence-electron chi connectivity index (χ1n) is 6.30. The van der Waals surface area contributed by atoms with Gasteiger partial charge < -0.3 is 5.73 Å². The molecule has 1 atom stereocenters. The van der Waals surface area contributed by atoms with Crippen molar-refractivity contribution >= 4 is 23.1 Å². The van der Waals surface area contributed by atoms with Gasteiger partial charge >= 0.3 is 6.18 Å². The third kappa shape index (κ3) is 3.41. The summed E-state index contributed by atoms with van der Waals surface area (Å²) in [7, 11) is 0. The third-order valence-electron chi connectivity index (χ3n) is 3.04. The third-order valence-corrected chi connectivity index (χ3v) is 4.82. The van der Waals surface area contributed by atoms with E-state index >= 15 is 0 Å². The number of hydrogen-bond acceptors (Lipinski definition) is 4. The molecule has 1 unspecified atom stereocenters. The molecular weight excluding hydrogens is 317 g/mol. The van der Waals surface area contributed by atoms with E-state index in [1.807, 2.05) is 24.3 Å². The lowest BCUT2D eigenvalue weighted by Gasteiger charge is -2.25. The lowest BCUT2D eigenvalue weighted by atomic mass is 10.00. The van der Waals surface area contributed by atoms with Gasteiger partial charge in [-0.05, 0) is 24.8 Å². The standard InChI is InChI=1S/C14H15F3N2S2/c1-3-20-10-6-4-9(5-7-10)12-19-11(8-21-12)13(2,18)14(15,16)17/h4-8H,3,18H2,1-2H3. The van der Waals surface area contributed by atoms with Crippen LogP contribution >= 0.6 is 23.1 Å². The molecule has 1 aromatic heterocycles. The molecule has 0 aliphatic rings. The molecule has 0 fully saturated rings. The van der Waals surface area contributed by atoms with Crippen LogP contribution in [0.5, 0.6) is 0 Å². The molecule has 0 saturated heterocycles. The maximum atomic E-state index is 12.9. The van der Waals surface area contributed by atoms with Gasteiger partial charge in [0.25, 0.3) is 0 Å². The number of aromatic nitrogens is 1. The van der Waals surface area contributed by atoms with Gasteiger partial charge in [0.05, 0.1) is 5.69 Å². The van der Waals surface area contributed by atoms with Crippen LogP contribution in [-0.4, -0.2) is 16.9 Å². The van der Waals surface area contributed by atoms with Crippen molar-refractivity contribution in [3.63, 3.8) is 0 Å². The van der Waals surface area contributed by atoms with Crippen molar-refractivity contribution in [2.75, 3.05) is 5.75 Å². The van der Waals surface area contributed by atoms with E-state index in [0.29, 0.717) is 5.01 Å². The first kappa shape index (κ1) is 16.3. The van der Waals surface area contributed by atoms with Gasteiger partial charge in [-0.25, -0.2) is 4.98 Å². The Morgan fingerprint density at radius 1 is 1.24 bits per heavy atom. The number of thioether (sulfide) groups is 1. The summed E-state index contributed by atoms with van der Waals surface area (Å²) in [5, 5.41) is 1.91. The van der Waals surface area contributed by atoms with Gasteiger partial charge in [0.15, 0.2) is 5.54 Å². The number of halogens is 3.